The molecule has 136 valence electrons. The van der Waals surface area contributed by atoms with Crippen molar-refractivity contribution in [3.05, 3.63) is 70.8 Å². The highest BCUT2D eigenvalue weighted by Crippen LogP contribution is 2.41. The molecule has 0 unspecified atom stereocenters. The number of ether oxygens (including phenoxy) is 2. The van der Waals surface area contributed by atoms with Gasteiger partial charge < -0.3 is 9.47 Å². The fourth-order valence-electron chi connectivity index (χ4n) is 4.27. The molecular weight excluding hydrogens is 342 g/mol. The van der Waals surface area contributed by atoms with E-state index in [1.165, 1.54) is 16.0 Å². The van der Waals surface area contributed by atoms with Crippen molar-refractivity contribution in [3.8, 4) is 5.75 Å². The number of cyclic esters (lactones) is 1. The smallest absolute Gasteiger partial charge is 0.417 e. The summed E-state index contributed by atoms with van der Waals surface area (Å²) in [5, 5.41) is 0. The minimum atomic E-state index is -0.578. The molecule has 1 atom stereocenters. The van der Waals surface area contributed by atoms with E-state index in [1.54, 1.807) is 6.08 Å². The van der Waals surface area contributed by atoms with Crippen LogP contribution in [0.5, 0.6) is 5.75 Å². The first-order chi connectivity index (χ1) is 13.2. The van der Waals surface area contributed by atoms with E-state index in [1.807, 2.05) is 36.4 Å². The zero-order valence-electron chi connectivity index (χ0n) is 14.8. The zero-order valence-corrected chi connectivity index (χ0v) is 14.8. The summed E-state index contributed by atoms with van der Waals surface area (Å²) >= 11 is 0. The van der Waals surface area contributed by atoms with Crippen LogP contribution in [0.3, 0.4) is 0 Å². The molecule has 3 aliphatic rings. The fourth-order valence-corrected chi connectivity index (χ4v) is 4.27. The average molecular weight is 361 g/mol. The zero-order chi connectivity index (χ0) is 18.4. The van der Waals surface area contributed by atoms with Gasteiger partial charge in [-0.2, -0.15) is 0 Å². The fraction of sp³-hybridized carbons (Fsp3) is 0.273. The highest BCUT2D eigenvalue weighted by molar-refractivity contribution is 6.04. The molecule has 5 nitrogen and oxygen atoms in total. The van der Waals surface area contributed by atoms with E-state index >= 15 is 0 Å². The second-order valence-corrected chi connectivity index (χ2v) is 7.06. The number of rotatable bonds is 2. The number of amides is 2. The lowest BCUT2D eigenvalue weighted by Crippen LogP contribution is -2.33. The number of allylic oxidation sites excluding steroid dienone is 1. The molecule has 2 aromatic rings. The average Bonchev–Trinajstić information content (AvgIpc) is 3.40. The molecule has 2 aromatic carbocycles. The van der Waals surface area contributed by atoms with Gasteiger partial charge in [0, 0.05) is 18.1 Å². The topological polar surface area (TPSA) is 55.8 Å². The van der Waals surface area contributed by atoms with Crippen LogP contribution in [-0.2, 0) is 22.4 Å². The van der Waals surface area contributed by atoms with Gasteiger partial charge in [0.25, 0.3) is 5.91 Å². The van der Waals surface area contributed by atoms with Crippen molar-refractivity contribution in [2.24, 2.45) is 0 Å². The maximum absolute atomic E-state index is 13.0. The summed E-state index contributed by atoms with van der Waals surface area (Å²) in [5.74, 6) is 0.600. The van der Waals surface area contributed by atoms with Gasteiger partial charge in [-0.15, -0.1) is 0 Å². The summed E-state index contributed by atoms with van der Waals surface area (Å²) in [6, 6.07) is 13.3. The molecule has 5 heteroatoms. The molecule has 0 radical (unpaired) electrons. The third kappa shape index (κ3) is 2.62. The Bertz CT molecular complexity index is 964. The highest BCUT2D eigenvalue weighted by Gasteiger charge is 2.38. The first-order valence-corrected chi connectivity index (χ1v) is 9.26. The normalized spacial score (nSPS) is 21.8. The van der Waals surface area contributed by atoms with Crippen LogP contribution in [0.25, 0.3) is 5.57 Å². The molecule has 0 spiro atoms. The van der Waals surface area contributed by atoms with Crippen LogP contribution in [-0.4, -0.2) is 30.1 Å². The second kappa shape index (κ2) is 6.27. The Kier molecular flexibility index (Phi) is 3.74. The third-order valence-corrected chi connectivity index (χ3v) is 5.54. The number of nitrogens with zero attached hydrogens (tertiary/aromatic N) is 1. The van der Waals surface area contributed by atoms with Crippen LogP contribution in [0.1, 0.15) is 34.7 Å². The van der Waals surface area contributed by atoms with Gasteiger partial charge in [0.05, 0.1) is 6.61 Å². The van der Waals surface area contributed by atoms with E-state index in [0.717, 1.165) is 41.7 Å². The Morgan fingerprint density at radius 2 is 1.89 bits per heavy atom. The Labute approximate surface area is 157 Å². The molecule has 0 N–H and O–H groups in total. The number of imide groups is 1. The van der Waals surface area contributed by atoms with Crippen LogP contribution in [0.4, 0.5) is 4.79 Å². The lowest BCUT2D eigenvalue weighted by molar-refractivity contribution is -0.124. The quantitative estimate of drug-likeness (QED) is 0.766. The number of benzene rings is 2. The number of carbonyl (C=O) groups is 2. The molecule has 2 aliphatic heterocycles. The summed E-state index contributed by atoms with van der Waals surface area (Å²) in [7, 11) is 0. The largest absolute Gasteiger partial charge is 0.493 e. The number of hydrogen-bond donors (Lipinski definition) is 0. The summed E-state index contributed by atoms with van der Waals surface area (Å²) < 4.78 is 10.9. The van der Waals surface area contributed by atoms with Gasteiger partial charge in [0.1, 0.15) is 18.4 Å². The lowest BCUT2D eigenvalue weighted by Gasteiger charge is -2.19. The van der Waals surface area contributed by atoms with Crippen LogP contribution in [0, 0.1) is 0 Å². The summed E-state index contributed by atoms with van der Waals surface area (Å²) in [6.45, 7) is 0.874. The minimum Gasteiger partial charge on any atom is -0.493 e. The maximum atomic E-state index is 13.0. The molecule has 2 amide bonds. The molecule has 0 bridgehead atoms. The van der Waals surface area contributed by atoms with E-state index in [9.17, 15) is 9.59 Å². The molecule has 0 saturated carbocycles. The summed E-state index contributed by atoms with van der Waals surface area (Å²) in [4.78, 5) is 26.5. The van der Waals surface area contributed by atoms with Crippen molar-refractivity contribution in [2.75, 3.05) is 13.2 Å². The van der Waals surface area contributed by atoms with Crippen molar-refractivity contribution < 1.29 is 19.1 Å². The molecule has 1 aliphatic carbocycles. The number of fused-ring (bicyclic) bond motifs is 3. The number of aryl methyl sites for hydroxylation is 1. The third-order valence-electron chi connectivity index (χ3n) is 5.54. The predicted molar refractivity (Wildman–Crippen MR) is 99.3 cm³/mol. The monoisotopic (exact) mass is 361 g/mol. The van der Waals surface area contributed by atoms with Gasteiger partial charge in [-0.3, -0.25) is 4.79 Å². The van der Waals surface area contributed by atoms with Crippen LogP contribution in [0.2, 0.25) is 0 Å². The minimum absolute atomic E-state index is 0.192. The first-order valence-electron chi connectivity index (χ1n) is 9.26. The second-order valence-electron chi connectivity index (χ2n) is 7.06. The van der Waals surface area contributed by atoms with Crippen molar-refractivity contribution in [1.29, 1.82) is 0 Å². The molecule has 1 saturated heterocycles. The van der Waals surface area contributed by atoms with Gasteiger partial charge in [-0.25, -0.2) is 9.69 Å². The summed E-state index contributed by atoms with van der Waals surface area (Å²) in [5.41, 5.74) is 5.47. The van der Waals surface area contributed by atoms with E-state index < -0.39 is 6.09 Å². The molecule has 5 rings (SSSR count). The Morgan fingerprint density at radius 1 is 1.04 bits per heavy atom. The first kappa shape index (κ1) is 16.1. The van der Waals surface area contributed by atoms with Crippen molar-refractivity contribution in [3.63, 3.8) is 0 Å². The number of hydrogen-bond acceptors (Lipinski definition) is 4. The van der Waals surface area contributed by atoms with Gasteiger partial charge in [-0.1, -0.05) is 36.4 Å². The summed E-state index contributed by atoms with van der Waals surface area (Å²) in [6.07, 6.45) is 3.62. The highest BCUT2D eigenvalue weighted by atomic mass is 16.6. The van der Waals surface area contributed by atoms with Gasteiger partial charge >= 0.3 is 6.09 Å². The van der Waals surface area contributed by atoms with E-state index in [4.69, 9.17) is 9.47 Å². The van der Waals surface area contributed by atoms with Crippen molar-refractivity contribution in [1.82, 2.24) is 4.90 Å². The lowest BCUT2D eigenvalue weighted by atomic mass is 9.98. The van der Waals surface area contributed by atoms with Gasteiger partial charge in [0.15, 0.2) is 0 Å². The van der Waals surface area contributed by atoms with E-state index in [2.05, 4.69) is 6.07 Å². The standard InChI is InChI=1S/C22H19NO4/c24-20(23-18(13-27-22(23)25)14-4-2-1-3-5-14)12-16-7-6-15-8-9-19-17(21(15)16)10-11-26-19/h1-5,8-9,12,18H,6-7,10-11,13H2/t18-/m1/s1. The maximum Gasteiger partial charge on any atom is 0.417 e. The van der Waals surface area contributed by atoms with E-state index in [-0.39, 0.29) is 18.6 Å². The number of carbonyl (C=O) groups excluding carboxylic acids is 2. The van der Waals surface area contributed by atoms with Gasteiger partial charge in [-0.05, 0) is 41.2 Å². The van der Waals surface area contributed by atoms with Crippen LogP contribution < -0.4 is 4.74 Å². The van der Waals surface area contributed by atoms with Crippen LogP contribution >= 0.6 is 0 Å². The molecule has 2 heterocycles. The Balaban J connectivity index is 1.49. The van der Waals surface area contributed by atoms with Crippen molar-refractivity contribution >= 4 is 17.6 Å². The molecule has 1 fully saturated rings. The molecule has 0 aromatic heterocycles. The Hall–Kier alpha value is -3.08. The molecular formula is C22H19NO4. The Morgan fingerprint density at radius 3 is 2.74 bits per heavy atom. The molecule has 27 heavy (non-hydrogen) atoms. The van der Waals surface area contributed by atoms with Gasteiger partial charge in [0.2, 0.25) is 0 Å². The predicted octanol–water partition coefficient (Wildman–Crippen LogP) is 3.67. The van der Waals surface area contributed by atoms with Crippen LogP contribution in [0.15, 0.2) is 48.5 Å². The van der Waals surface area contributed by atoms with E-state index in [0.29, 0.717) is 6.61 Å². The van der Waals surface area contributed by atoms with Crippen molar-refractivity contribution in [2.45, 2.75) is 25.3 Å². The SMILES string of the molecule is O=C(C=C1CCc2ccc3c(c21)CCO3)N1C(=O)OC[C@@H]1c1ccccc1.